The Morgan fingerprint density at radius 1 is 0.476 bits per heavy atom. The molecular weight excluding hydrogens is 528 g/mol. The highest BCUT2D eigenvalue weighted by molar-refractivity contribution is 5.83. The van der Waals surface area contributed by atoms with Crippen molar-refractivity contribution >= 4 is 11.9 Å². The van der Waals surface area contributed by atoms with Crippen molar-refractivity contribution in [2.75, 3.05) is 0 Å². The molecule has 2 aromatic heterocycles. The Morgan fingerprint density at radius 2 is 0.762 bits per heavy atom. The van der Waals surface area contributed by atoms with Crippen molar-refractivity contribution in [2.45, 2.75) is 13.8 Å². The van der Waals surface area contributed by atoms with Crippen LogP contribution in [-0.4, -0.2) is 32.3 Å². The molecule has 2 N–H and O–H groups in total. The van der Waals surface area contributed by atoms with E-state index < -0.39 is 0 Å². The predicted octanol–water partition coefficient (Wildman–Crippen LogP) is 7.34. The van der Waals surface area contributed by atoms with Crippen molar-refractivity contribution in [3.63, 3.8) is 0 Å². The second-order valence-electron chi connectivity index (χ2n) is 9.20. The molecule has 0 aliphatic heterocycles. The van der Waals surface area contributed by atoms with Crippen LogP contribution in [0.5, 0.6) is 11.5 Å². The van der Waals surface area contributed by atoms with E-state index in [0.717, 1.165) is 22.3 Å². The molecule has 0 spiro atoms. The molecule has 6 rings (SSSR count). The third-order valence-electron chi connectivity index (χ3n) is 6.15. The number of H-pyrrole nitrogens is 2. The number of benzene rings is 4. The minimum Gasteiger partial charge on any atom is -0.422 e. The number of rotatable bonds is 6. The highest BCUT2D eigenvalue weighted by Crippen LogP contribution is 2.38. The van der Waals surface area contributed by atoms with Crippen LogP contribution in [0.1, 0.15) is 13.8 Å². The van der Waals surface area contributed by atoms with E-state index >= 15 is 0 Å². The first-order valence-electron chi connectivity index (χ1n) is 13.3. The largest absolute Gasteiger partial charge is 0.422 e. The van der Waals surface area contributed by atoms with E-state index in [1.807, 2.05) is 121 Å². The van der Waals surface area contributed by atoms with Crippen molar-refractivity contribution in [3.05, 3.63) is 121 Å². The molecule has 0 fully saturated rings. The van der Waals surface area contributed by atoms with Gasteiger partial charge in [0.15, 0.2) is 11.5 Å². The van der Waals surface area contributed by atoms with Gasteiger partial charge in [0, 0.05) is 36.1 Å². The number of esters is 2. The fourth-order valence-electron chi connectivity index (χ4n) is 4.33. The van der Waals surface area contributed by atoms with Crippen LogP contribution in [0.15, 0.2) is 121 Å². The van der Waals surface area contributed by atoms with Crippen LogP contribution >= 0.6 is 0 Å². The first-order valence-corrected chi connectivity index (χ1v) is 13.3. The zero-order valence-corrected chi connectivity index (χ0v) is 23.1. The van der Waals surface area contributed by atoms with Gasteiger partial charge in [0.2, 0.25) is 0 Å². The average molecular weight is 557 g/mol. The Balaban J connectivity index is 0.000000168. The molecule has 8 nitrogen and oxygen atoms in total. The number of nitrogens with zero attached hydrogens (tertiary/aromatic N) is 2. The average Bonchev–Trinajstić information content (AvgIpc) is 3.63. The third kappa shape index (κ3) is 6.51. The maximum absolute atomic E-state index is 11.4. The molecule has 0 radical (unpaired) electrons. The molecule has 8 heteroatoms. The summed E-state index contributed by atoms with van der Waals surface area (Å²) in [7, 11) is 0. The van der Waals surface area contributed by atoms with E-state index in [0.29, 0.717) is 34.3 Å². The second-order valence-corrected chi connectivity index (χ2v) is 9.20. The van der Waals surface area contributed by atoms with Gasteiger partial charge in [-0.2, -0.15) is 10.2 Å². The van der Waals surface area contributed by atoms with Gasteiger partial charge in [0.25, 0.3) is 0 Å². The summed E-state index contributed by atoms with van der Waals surface area (Å²) in [6.45, 7) is 2.77. The van der Waals surface area contributed by atoms with E-state index in [-0.39, 0.29) is 11.9 Å². The number of carbonyl (C=O) groups excluding carboxylic acids is 2. The topological polar surface area (TPSA) is 110 Å². The van der Waals surface area contributed by atoms with Crippen LogP contribution in [0.4, 0.5) is 0 Å². The molecule has 0 aliphatic rings. The predicted molar refractivity (Wildman–Crippen MR) is 162 cm³/mol. The first kappa shape index (κ1) is 27.8. The van der Waals surface area contributed by atoms with Crippen molar-refractivity contribution in [3.8, 4) is 56.5 Å². The minimum atomic E-state index is -0.370. The number of carbonyl (C=O) groups is 2. The lowest BCUT2D eigenvalue weighted by Crippen LogP contribution is -2.02. The number of nitrogens with one attached hydrogen (secondary N) is 2. The quantitative estimate of drug-likeness (QED) is 0.208. The van der Waals surface area contributed by atoms with Crippen LogP contribution in [0.3, 0.4) is 0 Å². The van der Waals surface area contributed by atoms with E-state index in [9.17, 15) is 9.59 Å². The monoisotopic (exact) mass is 556 g/mol. The summed E-state index contributed by atoms with van der Waals surface area (Å²) in [4.78, 5) is 22.8. The fraction of sp³-hybridized carbons (Fsp3) is 0.0588. The lowest BCUT2D eigenvalue weighted by molar-refractivity contribution is -0.132. The summed E-state index contributed by atoms with van der Waals surface area (Å²) in [5.41, 5.74) is 6.29. The van der Waals surface area contributed by atoms with Crippen molar-refractivity contribution < 1.29 is 19.1 Å². The molecule has 0 atom stereocenters. The van der Waals surface area contributed by atoms with Gasteiger partial charge in [0.1, 0.15) is 22.8 Å². The van der Waals surface area contributed by atoms with Gasteiger partial charge in [-0.3, -0.25) is 19.8 Å². The normalized spacial score (nSPS) is 10.3. The molecule has 4 aromatic carbocycles. The van der Waals surface area contributed by atoms with Gasteiger partial charge < -0.3 is 9.47 Å². The maximum atomic E-state index is 11.4. The molecule has 0 saturated heterocycles. The molecule has 0 saturated carbocycles. The Bertz CT molecular complexity index is 1520. The summed E-state index contributed by atoms with van der Waals surface area (Å²) in [5, 5.41) is 14.6. The molecule has 0 unspecified atom stereocenters. The summed E-state index contributed by atoms with van der Waals surface area (Å²) in [5.74, 6) is 0.177. The van der Waals surface area contributed by atoms with Gasteiger partial charge in [-0.1, -0.05) is 121 Å². The highest BCUT2D eigenvalue weighted by atomic mass is 16.5. The number of hydrogen-bond acceptors (Lipinski definition) is 6. The summed E-state index contributed by atoms with van der Waals surface area (Å²) >= 11 is 0. The summed E-state index contributed by atoms with van der Waals surface area (Å²) < 4.78 is 10.8. The number of ether oxygens (including phenoxy) is 2. The molecular formula is C34H28N4O4. The summed E-state index contributed by atoms with van der Waals surface area (Å²) in [6.07, 6.45) is 0. The Morgan fingerprint density at radius 3 is 1.05 bits per heavy atom. The zero-order chi connectivity index (χ0) is 29.3. The highest BCUT2D eigenvalue weighted by Gasteiger charge is 2.20. The number of aromatic amines is 2. The van der Waals surface area contributed by atoms with Crippen LogP contribution in [0.25, 0.3) is 45.0 Å². The molecule has 0 aliphatic carbocycles. The van der Waals surface area contributed by atoms with Gasteiger partial charge in [-0.15, -0.1) is 0 Å². The molecule has 42 heavy (non-hydrogen) atoms. The molecule has 6 aromatic rings. The molecule has 0 bridgehead atoms. The minimum absolute atomic E-state index is 0.370. The number of aromatic nitrogens is 4. The Labute approximate surface area is 243 Å². The van der Waals surface area contributed by atoms with Gasteiger partial charge in [-0.05, 0) is 0 Å². The summed E-state index contributed by atoms with van der Waals surface area (Å²) in [6, 6.07) is 38.6. The maximum Gasteiger partial charge on any atom is 0.308 e. The van der Waals surface area contributed by atoms with Gasteiger partial charge >= 0.3 is 11.9 Å². The van der Waals surface area contributed by atoms with Crippen LogP contribution in [0.2, 0.25) is 0 Å². The van der Waals surface area contributed by atoms with Crippen molar-refractivity contribution in [2.24, 2.45) is 0 Å². The van der Waals surface area contributed by atoms with Crippen LogP contribution < -0.4 is 9.47 Å². The van der Waals surface area contributed by atoms with Crippen molar-refractivity contribution in [1.82, 2.24) is 20.4 Å². The van der Waals surface area contributed by atoms with E-state index in [4.69, 9.17) is 9.47 Å². The molecule has 2 heterocycles. The number of hydrogen-bond donors (Lipinski definition) is 2. The SMILES string of the molecule is CC(=O)Oc1c(-c2ccccc2)n[nH]c1-c1ccccc1.CC(=O)Oc1c(-c2ccccc2)n[nH]c1-c1ccccc1. The lowest BCUT2D eigenvalue weighted by atomic mass is 10.1. The van der Waals surface area contributed by atoms with Gasteiger partial charge in [-0.25, -0.2) is 0 Å². The second kappa shape index (κ2) is 13.1. The van der Waals surface area contributed by atoms with Crippen molar-refractivity contribution in [1.29, 1.82) is 0 Å². The molecule has 208 valence electrons. The van der Waals surface area contributed by atoms with Gasteiger partial charge in [0.05, 0.1) is 0 Å². The third-order valence-corrected chi connectivity index (χ3v) is 6.15. The zero-order valence-electron chi connectivity index (χ0n) is 23.1. The van der Waals surface area contributed by atoms with Crippen LogP contribution in [-0.2, 0) is 9.59 Å². The van der Waals surface area contributed by atoms with E-state index in [1.165, 1.54) is 13.8 Å². The Kier molecular flexibility index (Phi) is 8.64. The Hall–Kier alpha value is -5.76. The van der Waals surface area contributed by atoms with E-state index in [1.54, 1.807) is 0 Å². The smallest absolute Gasteiger partial charge is 0.308 e. The standard InChI is InChI=1S/2C17H14N2O2/c2*1-12(20)21-17-15(13-8-4-2-5-9-13)18-19-16(17)14-10-6-3-7-11-14/h2*2-11H,1H3,(H,18,19). The van der Waals surface area contributed by atoms with E-state index in [2.05, 4.69) is 20.4 Å². The fourth-order valence-corrected chi connectivity index (χ4v) is 4.33. The first-order chi connectivity index (χ1) is 20.5. The molecule has 0 amide bonds. The van der Waals surface area contributed by atoms with Crippen LogP contribution in [0, 0.1) is 0 Å². The lowest BCUT2D eigenvalue weighted by Gasteiger charge is -2.05.